The molecule has 0 aliphatic rings. The number of amides is 1. The molecular formula is C8H8ClNO3S. The second-order valence-electron chi connectivity index (χ2n) is 2.62. The molecule has 1 rings (SSSR count). The molecule has 1 aromatic rings. The van der Waals surface area contributed by atoms with Gasteiger partial charge >= 0.3 is 5.97 Å². The van der Waals surface area contributed by atoms with Crippen molar-refractivity contribution in [2.75, 3.05) is 0 Å². The number of carboxylic acid groups (broad SMARTS) is 1. The van der Waals surface area contributed by atoms with Gasteiger partial charge in [0.25, 0.3) is 0 Å². The van der Waals surface area contributed by atoms with Crippen LogP contribution in [0.4, 0.5) is 0 Å². The van der Waals surface area contributed by atoms with Crippen LogP contribution >= 0.6 is 22.9 Å². The Balaban J connectivity index is 2.94. The first-order chi connectivity index (χ1) is 6.52. The highest BCUT2D eigenvalue weighted by atomic mass is 35.5. The zero-order valence-electron chi connectivity index (χ0n) is 7.28. The van der Waals surface area contributed by atoms with Crippen LogP contribution in [0.5, 0.6) is 0 Å². The Morgan fingerprint density at radius 2 is 2.29 bits per heavy atom. The molecule has 14 heavy (non-hydrogen) atoms. The van der Waals surface area contributed by atoms with Gasteiger partial charge in [0.15, 0.2) is 6.04 Å². The third kappa shape index (κ3) is 2.46. The molecule has 4 nitrogen and oxygen atoms in total. The Kier molecular flexibility index (Phi) is 3.49. The first-order valence-corrected chi connectivity index (χ1v) is 5.01. The first kappa shape index (κ1) is 11.0. The minimum Gasteiger partial charge on any atom is -0.479 e. The number of halogens is 1. The molecule has 0 aliphatic heterocycles. The van der Waals surface area contributed by atoms with Gasteiger partial charge in [-0.1, -0.05) is 11.6 Å². The maximum Gasteiger partial charge on any atom is 0.331 e. The number of hydrogen-bond acceptors (Lipinski definition) is 3. The molecule has 6 heteroatoms. The van der Waals surface area contributed by atoms with E-state index in [4.69, 9.17) is 16.7 Å². The Labute approximate surface area is 89.5 Å². The Hall–Kier alpha value is -1.07. The molecule has 1 atom stereocenters. The van der Waals surface area contributed by atoms with E-state index in [0.717, 1.165) is 0 Å². The highest BCUT2D eigenvalue weighted by Crippen LogP contribution is 2.28. The lowest BCUT2D eigenvalue weighted by atomic mass is 10.1. The molecule has 1 amide bonds. The molecule has 0 saturated carbocycles. The molecule has 1 aromatic heterocycles. The number of carbonyl (C=O) groups is 2. The van der Waals surface area contributed by atoms with E-state index in [1.807, 2.05) is 0 Å². The summed E-state index contributed by atoms with van der Waals surface area (Å²) in [5.74, 6) is -1.53. The molecule has 0 saturated heterocycles. The molecule has 2 N–H and O–H groups in total. The highest BCUT2D eigenvalue weighted by molar-refractivity contribution is 7.14. The Bertz CT molecular complexity index is 363. The van der Waals surface area contributed by atoms with E-state index >= 15 is 0 Å². The van der Waals surface area contributed by atoms with Crippen molar-refractivity contribution in [1.82, 2.24) is 5.32 Å². The molecule has 76 valence electrons. The smallest absolute Gasteiger partial charge is 0.331 e. The zero-order chi connectivity index (χ0) is 10.7. The van der Waals surface area contributed by atoms with Gasteiger partial charge in [-0.25, -0.2) is 4.79 Å². The van der Waals surface area contributed by atoms with Crippen molar-refractivity contribution < 1.29 is 14.7 Å². The summed E-state index contributed by atoms with van der Waals surface area (Å²) >= 11 is 6.99. The Morgan fingerprint density at radius 1 is 1.64 bits per heavy atom. The van der Waals surface area contributed by atoms with Crippen LogP contribution in [-0.2, 0) is 9.59 Å². The number of thiophene rings is 1. The van der Waals surface area contributed by atoms with Crippen LogP contribution in [0.2, 0.25) is 4.34 Å². The minimum absolute atomic E-state index is 0.381. The van der Waals surface area contributed by atoms with Gasteiger partial charge in [-0.05, 0) is 11.4 Å². The van der Waals surface area contributed by atoms with Gasteiger partial charge in [0.1, 0.15) is 0 Å². The summed E-state index contributed by atoms with van der Waals surface area (Å²) < 4.78 is 0.381. The topological polar surface area (TPSA) is 66.4 Å². The van der Waals surface area contributed by atoms with Crippen LogP contribution < -0.4 is 5.32 Å². The average molecular weight is 234 g/mol. The average Bonchev–Trinajstić information content (AvgIpc) is 2.46. The van der Waals surface area contributed by atoms with Gasteiger partial charge in [0.05, 0.1) is 4.34 Å². The molecule has 0 bridgehead atoms. The predicted molar refractivity (Wildman–Crippen MR) is 53.5 cm³/mol. The third-order valence-corrected chi connectivity index (χ3v) is 2.75. The number of carboxylic acids is 1. The predicted octanol–water partition coefficient (Wildman–Crippen LogP) is 1.66. The lowest BCUT2D eigenvalue weighted by molar-refractivity contribution is -0.141. The lowest BCUT2D eigenvalue weighted by Gasteiger charge is -2.11. The Morgan fingerprint density at radius 3 is 2.64 bits per heavy atom. The highest BCUT2D eigenvalue weighted by Gasteiger charge is 2.23. The van der Waals surface area contributed by atoms with Crippen LogP contribution in [0.1, 0.15) is 18.5 Å². The summed E-state index contributed by atoms with van der Waals surface area (Å²) in [5, 5.41) is 12.8. The van der Waals surface area contributed by atoms with Gasteiger partial charge in [-0.3, -0.25) is 4.79 Å². The SMILES string of the molecule is CC(=O)NC(C(=O)O)c1ccsc1Cl. The number of hydrogen-bond donors (Lipinski definition) is 2. The van der Waals surface area contributed by atoms with E-state index in [0.29, 0.717) is 9.90 Å². The van der Waals surface area contributed by atoms with Crippen LogP contribution in [0.25, 0.3) is 0 Å². The van der Waals surface area contributed by atoms with Crippen molar-refractivity contribution >= 4 is 34.8 Å². The summed E-state index contributed by atoms with van der Waals surface area (Å²) in [7, 11) is 0. The summed E-state index contributed by atoms with van der Waals surface area (Å²) in [6.45, 7) is 1.26. The quantitative estimate of drug-likeness (QED) is 0.835. The molecule has 0 spiro atoms. The van der Waals surface area contributed by atoms with E-state index < -0.39 is 17.9 Å². The van der Waals surface area contributed by atoms with Crippen molar-refractivity contribution in [3.8, 4) is 0 Å². The van der Waals surface area contributed by atoms with Gasteiger partial charge in [-0.2, -0.15) is 0 Å². The van der Waals surface area contributed by atoms with E-state index in [9.17, 15) is 9.59 Å². The summed E-state index contributed by atoms with van der Waals surface area (Å²) in [5.41, 5.74) is 0.416. The molecule has 0 aromatic carbocycles. The standard InChI is InChI=1S/C8H8ClNO3S/c1-4(11)10-6(8(12)13)5-2-3-14-7(5)9/h2-3,6H,1H3,(H,10,11)(H,12,13). The van der Waals surface area contributed by atoms with Crippen molar-refractivity contribution in [3.63, 3.8) is 0 Å². The second-order valence-corrected chi connectivity index (χ2v) is 4.14. The molecule has 0 aliphatic carbocycles. The molecular weight excluding hydrogens is 226 g/mol. The van der Waals surface area contributed by atoms with Gasteiger partial charge in [0.2, 0.25) is 5.91 Å². The monoisotopic (exact) mass is 233 g/mol. The van der Waals surface area contributed by atoms with Crippen LogP contribution in [0.15, 0.2) is 11.4 Å². The van der Waals surface area contributed by atoms with Gasteiger partial charge in [-0.15, -0.1) is 11.3 Å². The second kappa shape index (κ2) is 4.43. The largest absolute Gasteiger partial charge is 0.479 e. The van der Waals surface area contributed by atoms with Crippen molar-refractivity contribution in [2.24, 2.45) is 0 Å². The maximum absolute atomic E-state index is 10.8. The number of rotatable bonds is 3. The molecule has 1 unspecified atom stereocenters. The van der Waals surface area contributed by atoms with Crippen molar-refractivity contribution in [1.29, 1.82) is 0 Å². The number of carbonyl (C=O) groups excluding carboxylic acids is 1. The van der Waals surface area contributed by atoms with Crippen molar-refractivity contribution in [3.05, 3.63) is 21.3 Å². The summed E-state index contributed by atoms with van der Waals surface area (Å²) in [6, 6.07) is 0.521. The number of nitrogens with one attached hydrogen (secondary N) is 1. The van der Waals surface area contributed by atoms with Crippen LogP contribution in [0, 0.1) is 0 Å². The summed E-state index contributed by atoms with van der Waals surface area (Å²) in [4.78, 5) is 21.6. The van der Waals surface area contributed by atoms with Crippen LogP contribution in [0.3, 0.4) is 0 Å². The van der Waals surface area contributed by atoms with E-state index in [2.05, 4.69) is 5.32 Å². The molecule has 0 fully saturated rings. The first-order valence-electron chi connectivity index (χ1n) is 3.75. The molecule has 0 radical (unpaired) electrons. The van der Waals surface area contributed by atoms with Crippen LogP contribution in [-0.4, -0.2) is 17.0 Å². The molecule has 1 heterocycles. The zero-order valence-corrected chi connectivity index (χ0v) is 8.85. The minimum atomic E-state index is -1.12. The fourth-order valence-electron chi connectivity index (χ4n) is 0.986. The normalized spacial score (nSPS) is 12.1. The van der Waals surface area contributed by atoms with E-state index in [1.165, 1.54) is 18.3 Å². The fraction of sp³-hybridized carbons (Fsp3) is 0.250. The van der Waals surface area contributed by atoms with Gasteiger partial charge < -0.3 is 10.4 Å². The number of aliphatic carboxylic acids is 1. The van der Waals surface area contributed by atoms with E-state index in [-0.39, 0.29) is 0 Å². The van der Waals surface area contributed by atoms with E-state index in [1.54, 1.807) is 11.4 Å². The van der Waals surface area contributed by atoms with Crippen molar-refractivity contribution in [2.45, 2.75) is 13.0 Å². The maximum atomic E-state index is 10.8. The third-order valence-electron chi connectivity index (χ3n) is 1.55. The fourth-order valence-corrected chi connectivity index (χ4v) is 1.97. The lowest BCUT2D eigenvalue weighted by Crippen LogP contribution is -2.31. The van der Waals surface area contributed by atoms with Gasteiger partial charge in [0, 0.05) is 12.5 Å². The summed E-state index contributed by atoms with van der Waals surface area (Å²) in [6.07, 6.45) is 0.